The molecule has 0 heterocycles. The summed E-state index contributed by atoms with van der Waals surface area (Å²) in [5.74, 6) is 0.378. The third kappa shape index (κ3) is 6.08. The van der Waals surface area contributed by atoms with Gasteiger partial charge in [0.2, 0.25) is 0 Å². The summed E-state index contributed by atoms with van der Waals surface area (Å²) >= 11 is 1.39. The SMILES string of the molecule is CCCCCCC(O)CSc1ccccc1F. The zero-order chi connectivity index (χ0) is 12.5. The first-order valence-corrected chi connectivity index (χ1v) is 7.28. The van der Waals surface area contributed by atoms with Crippen molar-refractivity contribution in [3.8, 4) is 0 Å². The number of aliphatic hydroxyl groups excluding tert-OH is 1. The molecule has 1 aromatic rings. The predicted octanol–water partition coefficient (Wildman–Crippen LogP) is 4.25. The van der Waals surface area contributed by atoms with Crippen molar-refractivity contribution in [2.24, 2.45) is 0 Å². The van der Waals surface area contributed by atoms with E-state index in [0.717, 1.165) is 12.8 Å². The summed E-state index contributed by atoms with van der Waals surface area (Å²) in [6, 6.07) is 6.71. The zero-order valence-electron chi connectivity index (χ0n) is 10.4. The molecule has 1 atom stereocenters. The van der Waals surface area contributed by atoms with E-state index in [1.54, 1.807) is 12.1 Å². The van der Waals surface area contributed by atoms with Gasteiger partial charge in [-0.05, 0) is 18.6 Å². The van der Waals surface area contributed by atoms with E-state index < -0.39 is 0 Å². The van der Waals surface area contributed by atoms with E-state index in [-0.39, 0.29) is 11.9 Å². The number of hydrogen-bond donors (Lipinski definition) is 1. The average Bonchev–Trinajstić information content (AvgIpc) is 2.34. The van der Waals surface area contributed by atoms with Crippen molar-refractivity contribution in [1.29, 1.82) is 0 Å². The lowest BCUT2D eigenvalue weighted by Crippen LogP contribution is -2.09. The first-order valence-electron chi connectivity index (χ1n) is 6.29. The summed E-state index contributed by atoms with van der Waals surface area (Å²) in [4.78, 5) is 0.625. The van der Waals surface area contributed by atoms with Gasteiger partial charge in [0.25, 0.3) is 0 Å². The lowest BCUT2D eigenvalue weighted by Gasteiger charge is -2.10. The van der Waals surface area contributed by atoms with E-state index in [1.807, 2.05) is 6.07 Å². The summed E-state index contributed by atoms with van der Waals surface area (Å²) in [5, 5.41) is 9.76. The fraction of sp³-hybridized carbons (Fsp3) is 0.571. The first-order chi connectivity index (χ1) is 8.24. The Labute approximate surface area is 107 Å². The minimum Gasteiger partial charge on any atom is -0.392 e. The molecule has 3 heteroatoms. The van der Waals surface area contributed by atoms with Crippen molar-refractivity contribution in [1.82, 2.24) is 0 Å². The van der Waals surface area contributed by atoms with E-state index in [9.17, 15) is 9.50 Å². The second-order valence-electron chi connectivity index (χ2n) is 4.24. The molecule has 1 N–H and O–H groups in total. The normalized spacial score (nSPS) is 12.6. The second-order valence-corrected chi connectivity index (χ2v) is 5.31. The van der Waals surface area contributed by atoms with Gasteiger partial charge in [-0.2, -0.15) is 0 Å². The Bertz CT molecular complexity index is 317. The van der Waals surface area contributed by atoms with Crippen LogP contribution in [0.4, 0.5) is 4.39 Å². The standard InChI is InChI=1S/C14H21FOS/c1-2-3-4-5-8-12(16)11-17-14-10-7-6-9-13(14)15/h6-7,9-10,12,16H,2-5,8,11H2,1H3. The van der Waals surface area contributed by atoms with Gasteiger partial charge in [-0.25, -0.2) is 4.39 Å². The monoisotopic (exact) mass is 256 g/mol. The van der Waals surface area contributed by atoms with Crippen LogP contribution < -0.4 is 0 Å². The Kier molecular flexibility index (Phi) is 7.29. The molecule has 0 aliphatic rings. The maximum atomic E-state index is 13.3. The molecule has 1 aromatic carbocycles. The molecule has 1 unspecified atom stereocenters. The summed E-state index contributed by atoms with van der Waals surface area (Å²) in [6.07, 6.45) is 5.18. The molecule has 0 aliphatic heterocycles. The molecular formula is C14H21FOS. The highest BCUT2D eigenvalue weighted by atomic mass is 32.2. The van der Waals surface area contributed by atoms with Crippen molar-refractivity contribution in [2.45, 2.75) is 50.0 Å². The van der Waals surface area contributed by atoms with E-state index in [0.29, 0.717) is 10.6 Å². The maximum absolute atomic E-state index is 13.3. The Morgan fingerprint density at radius 2 is 2.00 bits per heavy atom. The van der Waals surface area contributed by atoms with Gasteiger partial charge in [0.15, 0.2) is 0 Å². The van der Waals surface area contributed by atoms with Crippen molar-refractivity contribution >= 4 is 11.8 Å². The highest BCUT2D eigenvalue weighted by molar-refractivity contribution is 7.99. The van der Waals surface area contributed by atoms with E-state index in [1.165, 1.54) is 37.1 Å². The minimum absolute atomic E-state index is 0.198. The topological polar surface area (TPSA) is 20.2 Å². The van der Waals surface area contributed by atoms with Crippen LogP contribution in [0.15, 0.2) is 29.2 Å². The van der Waals surface area contributed by atoms with Crippen molar-refractivity contribution in [3.63, 3.8) is 0 Å². The molecule has 96 valence electrons. The molecule has 0 saturated heterocycles. The zero-order valence-corrected chi connectivity index (χ0v) is 11.2. The predicted molar refractivity (Wildman–Crippen MR) is 71.9 cm³/mol. The Hall–Kier alpha value is -0.540. The number of aliphatic hydroxyl groups is 1. The van der Waals surface area contributed by atoms with Gasteiger partial charge in [-0.1, -0.05) is 44.7 Å². The fourth-order valence-corrected chi connectivity index (χ4v) is 2.56. The van der Waals surface area contributed by atoms with Gasteiger partial charge in [-0.3, -0.25) is 0 Å². The molecule has 1 rings (SSSR count). The van der Waals surface area contributed by atoms with Crippen molar-refractivity contribution in [3.05, 3.63) is 30.1 Å². The first kappa shape index (κ1) is 14.5. The molecule has 0 spiro atoms. The molecular weight excluding hydrogens is 235 g/mol. The lowest BCUT2D eigenvalue weighted by molar-refractivity contribution is 0.185. The quantitative estimate of drug-likeness (QED) is 0.554. The van der Waals surface area contributed by atoms with Gasteiger partial charge in [0, 0.05) is 10.6 Å². The Morgan fingerprint density at radius 3 is 2.71 bits per heavy atom. The van der Waals surface area contributed by atoms with Crippen LogP contribution in [0, 0.1) is 5.82 Å². The molecule has 1 nitrogen and oxygen atoms in total. The number of thioether (sulfide) groups is 1. The summed E-state index contributed by atoms with van der Waals surface area (Å²) < 4.78 is 13.3. The molecule has 17 heavy (non-hydrogen) atoms. The highest BCUT2D eigenvalue weighted by Gasteiger charge is 2.07. The Morgan fingerprint density at radius 1 is 1.24 bits per heavy atom. The molecule has 0 saturated carbocycles. The summed E-state index contributed by atoms with van der Waals surface area (Å²) in [7, 11) is 0. The maximum Gasteiger partial charge on any atom is 0.136 e. The number of hydrogen-bond acceptors (Lipinski definition) is 2. The van der Waals surface area contributed by atoms with Gasteiger partial charge in [0.05, 0.1) is 6.10 Å². The molecule has 0 aliphatic carbocycles. The highest BCUT2D eigenvalue weighted by Crippen LogP contribution is 2.22. The van der Waals surface area contributed by atoms with Gasteiger partial charge in [-0.15, -0.1) is 11.8 Å². The number of unbranched alkanes of at least 4 members (excludes halogenated alkanes) is 3. The van der Waals surface area contributed by atoms with Crippen LogP contribution in [-0.2, 0) is 0 Å². The molecule has 0 radical (unpaired) electrons. The van der Waals surface area contributed by atoms with Crippen LogP contribution >= 0.6 is 11.8 Å². The number of benzene rings is 1. The molecule has 0 fully saturated rings. The molecule has 0 bridgehead atoms. The van der Waals surface area contributed by atoms with Gasteiger partial charge < -0.3 is 5.11 Å². The van der Waals surface area contributed by atoms with E-state index in [2.05, 4.69) is 6.92 Å². The van der Waals surface area contributed by atoms with Crippen LogP contribution in [0.5, 0.6) is 0 Å². The Balaban J connectivity index is 2.19. The summed E-state index contributed by atoms with van der Waals surface area (Å²) in [5.41, 5.74) is 0. The number of rotatable bonds is 8. The smallest absolute Gasteiger partial charge is 0.136 e. The van der Waals surface area contributed by atoms with Crippen LogP contribution in [0.25, 0.3) is 0 Å². The van der Waals surface area contributed by atoms with Crippen LogP contribution in [0.3, 0.4) is 0 Å². The molecule has 0 aromatic heterocycles. The lowest BCUT2D eigenvalue weighted by atomic mass is 10.1. The van der Waals surface area contributed by atoms with Crippen LogP contribution in [-0.4, -0.2) is 17.0 Å². The average molecular weight is 256 g/mol. The largest absolute Gasteiger partial charge is 0.392 e. The van der Waals surface area contributed by atoms with Crippen LogP contribution in [0.2, 0.25) is 0 Å². The van der Waals surface area contributed by atoms with Gasteiger partial charge in [0.1, 0.15) is 5.82 Å². The van der Waals surface area contributed by atoms with E-state index >= 15 is 0 Å². The third-order valence-corrected chi connectivity index (χ3v) is 3.85. The summed E-state index contributed by atoms with van der Waals surface area (Å²) in [6.45, 7) is 2.17. The van der Waals surface area contributed by atoms with Gasteiger partial charge >= 0.3 is 0 Å². The van der Waals surface area contributed by atoms with Crippen molar-refractivity contribution < 1.29 is 9.50 Å². The minimum atomic E-state index is -0.323. The molecule has 0 amide bonds. The van der Waals surface area contributed by atoms with Crippen molar-refractivity contribution in [2.75, 3.05) is 5.75 Å². The third-order valence-electron chi connectivity index (χ3n) is 2.66. The number of halogens is 1. The second kappa shape index (κ2) is 8.54. The fourth-order valence-electron chi connectivity index (χ4n) is 1.64. The van der Waals surface area contributed by atoms with E-state index in [4.69, 9.17) is 0 Å². The van der Waals surface area contributed by atoms with Crippen LogP contribution in [0.1, 0.15) is 39.0 Å².